The Hall–Kier alpha value is -1.32. The fourth-order valence-corrected chi connectivity index (χ4v) is 5.60. The fourth-order valence-electron chi connectivity index (χ4n) is 5.60. The maximum absolute atomic E-state index is 12.2. The van der Waals surface area contributed by atoms with Crippen LogP contribution in [0.4, 0.5) is 0 Å². The minimum Gasteiger partial charge on any atom is -0.356 e. The Balaban J connectivity index is 3.39. The van der Waals surface area contributed by atoms with Gasteiger partial charge in [-0.1, -0.05) is 148 Å². The van der Waals surface area contributed by atoms with E-state index in [4.69, 9.17) is 0 Å². The first kappa shape index (κ1) is 40.7. The number of carbonyl (C=O) groups excluding carboxylic acids is 2. The number of hydrogen-bond donors (Lipinski definition) is 2. The van der Waals surface area contributed by atoms with E-state index in [-0.39, 0.29) is 17.9 Å². The molecule has 0 saturated heterocycles. The Kier molecular flexibility index (Phi) is 33.1. The van der Waals surface area contributed by atoms with E-state index >= 15 is 0 Å². The molecular weight excluding hydrogens is 516 g/mol. The first-order chi connectivity index (χ1) is 20.6. The van der Waals surface area contributed by atoms with Crippen LogP contribution in [0.25, 0.3) is 0 Å². The molecule has 4 heteroatoms. The zero-order valence-corrected chi connectivity index (χ0v) is 28.8. The van der Waals surface area contributed by atoms with Gasteiger partial charge >= 0.3 is 0 Å². The normalized spacial score (nSPS) is 12.2. The molecule has 1 atom stereocenters. The first-order valence-corrected chi connectivity index (χ1v) is 18.8. The van der Waals surface area contributed by atoms with Crippen LogP contribution in [0.15, 0.2) is 12.2 Å². The number of amides is 2. The first-order valence-electron chi connectivity index (χ1n) is 18.8. The van der Waals surface area contributed by atoms with Gasteiger partial charge in [-0.3, -0.25) is 9.59 Å². The lowest BCUT2D eigenvalue weighted by atomic mass is 10.0. The molecule has 0 aliphatic carbocycles. The van der Waals surface area contributed by atoms with Crippen molar-refractivity contribution in [2.45, 2.75) is 213 Å². The van der Waals surface area contributed by atoms with E-state index in [1.807, 2.05) is 0 Å². The van der Waals surface area contributed by atoms with Crippen LogP contribution in [-0.2, 0) is 9.59 Å². The van der Waals surface area contributed by atoms with Crippen LogP contribution in [0.5, 0.6) is 0 Å². The monoisotopic (exact) mass is 591 g/mol. The van der Waals surface area contributed by atoms with Crippen molar-refractivity contribution in [2.24, 2.45) is 0 Å². The van der Waals surface area contributed by atoms with Gasteiger partial charge in [0, 0.05) is 25.4 Å². The predicted molar refractivity (Wildman–Crippen MR) is 185 cm³/mol. The number of unbranched alkanes of at least 4 members (excludes halogenated alkanes) is 22. The van der Waals surface area contributed by atoms with Crippen LogP contribution in [0, 0.1) is 0 Å². The highest BCUT2D eigenvalue weighted by Gasteiger charge is 2.07. The molecule has 2 amide bonds. The van der Waals surface area contributed by atoms with Crippen molar-refractivity contribution < 1.29 is 9.59 Å². The zero-order valence-electron chi connectivity index (χ0n) is 28.8. The Morgan fingerprint density at radius 1 is 0.500 bits per heavy atom. The number of nitrogens with one attached hydrogen (secondary N) is 2. The molecule has 0 saturated carbocycles. The fraction of sp³-hybridized carbons (Fsp3) is 0.895. The van der Waals surface area contributed by atoms with Crippen LogP contribution in [-0.4, -0.2) is 24.4 Å². The molecule has 248 valence electrons. The molecule has 2 N–H and O–H groups in total. The van der Waals surface area contributed by atoms with Crippen LogP contribution < -0.4 is 10.6 Å². The molecule has 0 bridgehead atoms. The van der Waals surface area contributed by atoms with Gasteiger partial charge in [-0.2, -0.15) is 0 Å². The molecule has 0 unspecified atom stereocenters. The smallest absolute Gasteiger partial charge is 0.220 e. The van der Waals surface area contributed by atoms with Gasteiger partial charge in [0.05, 0.1) is 0 Å². The molecule has 0 spiro atoms. The maximum atomic E-state index is 12.2. The van der Waals surface area contributed by atoms with Crippen molar-refractivity contribution in [2.75, 3.05) is 6.54 Å². The Labute approximate surface area is 263 Å². The summed E-state index contributed by atoms with van der Waals surface area (Å²) in [6.45, 7) is 7.37. The van der Waals surface area contributed by atoms with Crippen LogP contribution in [0.2, 0.25) is 0 Å². The highest BCUT2D eigenvalue weighted by atomic mass is 16.2. The zero-order chi connectivity index (χ0) is 30.8. The molecule has 0 fully saturated rings. The van der Waals surface area contributed by atoms with E-state index in [0.29, 0.717) is 12.8 Å². The Morgan fingerprint density at radius 3 is 1.45 bits per heavy atom. The van der Waals surface area contributed by atoms with E-state index in [9.17, 15) is 9.59 Å². The van der Waals surface area contributed by atoms with Crippen molar-refractivity contribution in [3.8, 4) is 0 Å². The van der Waals surface area contributed by atoms with Gasteiger partial charge in [0.15, 0.2) is 0 Å². The average molecular weight is 591 g/mol. The third-order valence-electron chi connectivity index (χ3n) is 8.47. The number of allylic oxidation sites excluding steroid dienone is 2. The van der Waals surface area contributed by atoms with E-state index in [1.165, 1.54) is 135 Å². The maximum Gasteiger partial charge on any atom is 0.220 e. The summed E-state index contributed by atoms with van der Waals surface area (Å²) in [6.07, 6.45) is 40.2. The number of carbonyl (C=O) groups is 2. The minimum atomic E-state index is 0.193. The summed E-state index contributed by atoms with van der Waals surface area (Å²) in [4.78, 5) is 24.3. The van der Waals surface area contributed by atoms with Gasteiger partial charge in [-0.25, -0.2) is 0 Å². The molecule has 0 radical (unpaired) electrons. The van der Waals surface area contributed by atoms with E-state index in [2.05, 4.69) is 43.6 Å². The molecule has 0 aromatic heterocycles. The summed E-state index contributed by atoms with van der Waals surface area (Å²) >= 11 is 0. The van der Waals surface area contributed by atoms with Crippen LogP contribution >= 0.6 is 0 Å². The summed E-state index contributed by atoms with van der Waals surface area (Å²) in [5.41, 5.74) is 0. The molecule has 0 aromatic rings. The predicted octanol–water partition coefficient (Wildman–Crippen LogP) is 11.5. The van der Waals surface area contributed by atoms with Crippen molar-refractivity contribution in [3.05, 3.63) is 12.2 Å². The largest absolute Gasteiger partial charge is 0.356 e. The SMILES string of the molecule is CCCC/C=C\CCCCCCCC(=O)N[C@H](C)CCCCNC(=O)CCCCCCCCCCCCCCCCC. The summed E-state index contributed by atoms with van der Waals surface area (Å²) < 4.78 is 0. The molecule has 4 nitrogen and oxygen atoms in total. The molecule has 0 rings (SSSR count). The summed E-state index contributed by atoms with van der Waals surface area (Å²) in [5, 5.41) is 6.23. The molecule has 0 aromatic carbocycles. The van der Waals surface area contributed by atoms with Gasteiger partial charge in [-0.05, 0) is 58.3 Å². The third-order valence-corrected chi connectivity index (χ3v) is 8.47. The summed E-state index contributed by atoms with van der Waals surface area (Å²) in [7, 11) is 0. The van der Waals surface area contributed by atoms with Gasteiger partial charge in [0.1, 0.15) is 0 Å². The van der Waals surface area contributed by atoms with Crippen LogP contribution in [0.3, 0.4) is 0 Å². The molecule has 0 heterocycles. The van der Waals surface area contributed by atoms with Crippen molar-refractivity contribution >= 4 is 11.8 Å². The highest BCUT2D eigenvalue weighted by molar-refractivity contribution is 5.76. The topological polar surface area (TPSA) is 58.2 Å². The van der Waals surface area contributed by atoms with Gasteiger partial charge < -0.3 is 10.6 Å². The van der Waals surface area contributed by atoms with Gasteiger partial charge in [0.25, 0.3) is 0 Å². The van der Waals surface area contributed by atoms with E-state index < -0.39 is 0 Å². The Bertz CT molecular complexity index is 604. The highest BCUT2D eigenvalue weighted by Crippen LogP contribution is 2.14. The number of rotatable bonds is 33. The van der Waals surface area contributed by atoms with E-state index in [0.717, 1.165) is 45.1 Å². The lowest BCUT2D eigenvalue weighted by Crippen LogP contribution is -2.32. The molecular formula is C38H74N2O2. The third kappa shape index (κ3) is 33.2. The standard InChI is InChI=1S/C38H74N2O2/c1-4-6-8-10-12-14-16-17-18-19-21-22-24-26-28-33-37(41)39-35-31-30-32-36(3)40-38(42)34-29-27-25-23-20-15-13-11-9-7-5-2/h11,13,36H,4-10,12,14-35H2,1-3H3,(H,39,41)(H,40,42)/b13-11-/t36-/m1/s1. The quantitative estimate of drug-likeness (QED) is 0.0590. The second kappa shape index (κ2) is 34.2. The Morgan fingerprint density at radius 2 is 0.929 bits per heavy atom. The average Bonchev–Trinajstić information content (AvgIpc) is 2.97. The van der Waals surface area contributed by atoms with Crippen molar-refractivity contribution in [3.63, 3.8) is 0 Å². The molecule has 0 aliphatic rings. The molecule has 42 heavy (non-hydrogen) atoms. The second-order valence-electron chi connectivity index (χ2n) is 12.9. The minimum absolute atomic E-state index is 0.193. The van der Waals surface area contributed by atoms with Crippen molar-refractivity contribution in [1.82, 2.24) is 10.6 Å². The lowest BCUT2D eigenvalue weighted by molar-refractivity contribution is -0.122. The van der Waals surface area contributed by atoms with E-state index in [1.54, 1.807) is 0 Å². The van der Waals surface area contributed by atoms with Crippen LogP contribution in [0.1, 0.15) is 207 Å². The summed E-state index contributed by atoms with van der Waals surface area (Å²) in [5.74, 6) is 0.396. The molecule has 0 aliphatic heterocycles. The number of hydrogen-bond acceptors (Lipinski definition) is 2. The lowest BCUT2D eigenvalue weighted by Gasteiger charge is -2.14. The van der Waals surface area contributed by atoms with Crippen molar-refractivity contribution in [1.29, 1.82) is 0 Å². The second-order valence-corrected chi connectivity index (χ2v) is 12.9. The van der Waals surface area contributed by atoms with Gasteiger partial charge in [-0.15, -0.1) is 0 Å². The summed E-state index contributed by atoms with van der Waals surface area (Å²) in [6, 6.07) is 0.216. The van der Waals surface area contributed by atoms with Gasteiger partial charge in [0.2, 0.25) is 11.8 Å².